The van der Waals surface area contributed by atoms with Gasteiger partial charge in [-0.1, -0.05) is 0 Å². The van der Waals surface area contributed by atoms with Gasteiger partial charge in [-0.2, -0.15) is 0 Å². The molecular formula is C16H24O6. The molecule has 2 aliphatic heterocycles. The van der Waals surface area contributed by atoms with Gasteiger partial charge in [-0.25, -0.2) is 0 Å². The van der Waals surface area contributed by atoms with E-state index in [0.29, 0.717) is 0 Å². The van der Waals surface area contributed by atoms with Crippen LogP contribution in [0.5, 0.6) is 0 Å². The fourth-order valence-electron chi connectivity index (χ4n) is 3.09. The molecule has 22 heavy (non-hydrogen) atoms. The van der Waals surface area contributed by atoms with Crippen molar-refractivity contribution in [2.45, 2.75) is 77.2 Å². The van der Waals surface area contributed by atoms with Crippen LogP contribution in [0.2, 0.25) is 0 Å². The Morgan fingerprint density at radius 2 is 1.00 bits per heavy atom. The largest absolute Gasteiger partial charge is 0.460 e. The van der Waals surface area contributed by atoms with Gasteiger partial charge in [0.05, 0.1) is 0 Å². The Balaban J connectivity index is 1.79. The molecule has 0 spiro atoms. The highest BCUT2D eigenvalue weighted by Gasteiger charge is 2.73. The van der Waals surface area contributed by atoms with E-state index < -0.39 is 35.0 Å². The van der Waals surface area contributed by atoms with Crippen LogP contribution in [0, 0.1) is 11.8 Å². The van der Waals surface area contributed by atoms with E-state index in [0.717, 1.165) is 0 Å². The highest BCUT2D eigenvalue weighted by atomic mass is 16.7. The van der Waals surface area contributed by atoms with E-state index in [1.807, 2.05) is 0 Å². The molecule has 0 amide bonds. The van der Waals surface area contributed by atoms with Gasteiger partial charge in [0, 0.05) is 0 Å². The maximum atomic E-state index is 12.5. The van der Waals surface area contributed by atoms with Crippen molar-refractivity contribution in [3.8, 4) is 0 Å². The third-order valence-corrected chi connectivity index (χ3v) is 3.90. The maximum absolute atomic E-state index is 12.5. The molecule has 3 fully saturated rings. The first-order valence-corrected chi connectivity index (χ1v) is 7.74. The summed E-state index contributed by atoms with van der Waals surface area (Å²) in [5, 5.41) is 0. The molecule has 6 unspecified atom stereocenters. The summed E-state index contributed by atoms with van der Waals surface area (Å²) in [7, 11) is 0. The van der Waals surface area contributed by atoms with Crippen molar-refractivity contribution in [2.24, 2.45) is 11.8 Å². The second kappa shape index (κ2) is 4.68. The van der Waals surface area contributed by atoms with Gasteiger partial charge in [0.2, 0.25) is 0 Å². The Labute approximate surface area is 130 Å². The molecule has 0 bridgehead atoms. The minimum atomic E-state index is -0.650. The van der Waals surface area contributed by atoms with E-state index in [-0.39, 0.29) is 24.4 Å². The van der Waals surface area contributed by atoms with Crippen LogP contribution in [0.4, 0.5) is 0 Å². The fourth-order valence-corrected chi connectivity index (χ4v) is 3.09. The van der Waals surface area contributed by atoms with Gasteiger partial charge in [-0.3, -0.25) is 9.59 Å². The average molecular weight is 312 g/mol. The lowest BCUT2D eigenvalue weighted by Crippen LogP contribution is -2.46. The van der Waals surface area contributed by atoms with Crippen molar-refractivity contribution in [1.29, 1.82) is 0 Å². The third-order valence-electron chi connectivity index (χ3n) is 3.90. The molecular weight excluding hydrogens is 288 g/mol. The minimum absolute atomic E-state index is 0.0822. The van der Waals surface area contributed by atoms with Crippen LogP contribution in [0.1, 0.15) is 41.5 Å². The molecule has 3 aliphatic rings. The summed E-state index contributed by atoms with van der Waals surface area (Å²) in [6.45, 7) is 10.8. The Morgan fingerprint density at radius 1 is 0.682 bits per heavy atom. The van der Waals surface area contributed by atoms with Crippen LogP contribution < -0.4 is 0 Å². The maximum Gasteiger partial charge on any atom is 0.313 e. The molecule has 2 saturated heterocycles. The van der Waals surface area contributed by atoms with Crippen LogP contribution >= 0.6 is 0 Å². The van der Waals surface area contributed by atoms with Gasteiger partial charge in [0.1, 0.15) is 47.5 Å². The fraction of sp³-hybridized carbons (Fsp3) is 0.875. The standard InChI is InChI=1S/C16H24O6/c1-15(2,3)21-13(17)7-8(14(18)22-16(4,5)6)10-12(20-10)11-9(7)19-11/h7-12H,1-6H3. The van der Waals surface area contributed by atoms with E-state index in [9.17, 15) is 9.59 Å². The summed E-state index contributed by atoms with van der Waals surface area (Å²) in [5.74, 6) is -2.12. The predicted octanol–water partition coefficient (Wildman–Crippen LogP) is 1.45. The first kappa shape index (κ1) is 15.7. The SMILES string of the molecule is CC(C)(C)OC(=O)C1C2OC2C2OC2C1C(=O)OC(C)(C)C. The Kier molecular flexibility index (Phi) is 3.35. The second-order valence-corrected chi connectivity index (χ2v) is 8.25. The zero-order chi connectivity index (χ0) is 16.4. The predicted molar refractivity (Wildman–Crippen MR) is 76.0 cm³/mol. The lowest BCUT2D eigenvalue weighted by atomic mass is 9.79. The number of esters is 2. The van der Waals surface area contributed by atoms with Gasteiger partial charge in [0.15, 0.2) is 0 Å². The Hall–Kier alpha value is -1.14. The van der Waals surface area contributed by atoms with E-state index in [2.05, 4.69) is 0 Å². The normalized spacial score (nSPS) is 39.4. The minimum Gasteiger partial charge on any atom is -0.460 e. The first-order valence-electron chi connectivity index (χ1n) is 7.74. The molecule has 3 rings (SSSR count). The lowest BCUT2D eigenvalue weighted by molar-refractivity contribution is -0.175. The number of hydrogen-bond donors (Lipinski definition) is 0. The molecule has 1 aliphatic carbocycles. The summed E-state index contributed by atoms with van der Waals surface area (Å²) in [6.07, 6.45) is -0.755. The Morgan fingerprint density at radius 3 is 1.27 bits per heavy atom. The third kappa shape index (κ3) is 2.99. The summed E-state index contributed by atoms with van der Waals surface area (Å²) >= 11 is 0. The number of fused-ring (bicyclic) bond motifs is 3. The van der Waals surface area contributed by atoms with Gasteiger partial charge >= 0.3 is 11.9 Å². The number of hydrogen-bond acceptors (Lipinski definition) is 6. The molecule has 1 saturated carbocycles. The number of carbonyl (C=O) groups excluding carboxylic acids is 2. The summed E-state index contributed by atoms with van der Waals surface area (Å²) < 4.78 is 22.1. The van der Waals surface area contributed by atoms with Crippen LogP contribution in [0.3, 0.4) is 0 Å². The van der Waals surface area contributed by atoms with Crippen LogP contribution in [0.25, 0.3) is 0 Å². The molecule has 0 N–H and O–H groups in total. The molecule has 0 aromatic heterocycles. The highest BCUT2D eigenvalue weighted by molar-refractivity contribution is 5.85. The number of ether oxygens (including phenoxy) is 4. The van der Waals surface area contributed by atoms with Crippen molar-refractivity contribution in [1.82, 2.24) is 0 Å². The van der Waals surface area contributed by atoms with Gasteiger partial charge < -0.3 is 18.9 Å². The number of rotatable bonds is 2. The van der Waals surface area contributed by atoms with Crippen molar-refractivity contribution >= 4 is 11.9 Å². The first-order chi connectivity index (χ1) is 9.98. The Bertz CT molecular complexity index is 454. The number of carbonyl (C=O) groups is 2. The van der Waals surface area contributed by atoms with Gasteiger partial charge in [0.25, 0.3) is 0 Å². The lowest BCUT2D eigenvalue weighted by Gasteiger charge is -2.30. The quantitative estimate of drug-likeness (QED) is 0.567. The van der Waals surface area contributed by atoms with Crippen molar-refractivity contribution < 1.29 is 28.5 Å². The van der Waals surface area contributed by atoms with Gasteiger partial charge in [-0.15, -0.1) is 0 Å². The molecule has 0 aromatic rings. The van der Waals surface area contributed by atoms with Crippen molar-refractivity contribution in [3.63, 3.8) is 0 Å². The zero-order valence-corrected chi connectivity index (χ0v) is 13.9. The molecule has 6 heteroatoms. The molecule has 2 heterocycles. The number of epoxide rings is 2. The smallest absolute Gasteiger partial charge is 0.313 e. The second-order valence-electron chi connectivity index (χ2n) is 8.25. The van der Waals surface area contributed by atoms with Crippen LogP contribution in [-0.2, 0) is 28.5 Å². The summed E-state index contributed by atoms with van der Waals surface area (Å²) in [5.41, 5.74) is -1.22. The van der Waals surface area contributed by atoms with Crippen molar-refractivity contribution in [3.05, 3.63) is 0 Å². The molecule has 6 nitrogen and oxygen atoms in total. The van der Waals surface area contributed by atoms with E-state index in [4.69, 9.17) is 18.9 Å². The molecule has 124 valence electrons. The van der Waals surface area contributed by atoms with E-state index in [1.165, 1.54) is 0 Å². The molecule has 0 aromatic carbocycles. The highest BCUT2D eigenvalue weighted by Crippen LogP contribution is 2.54. The van der Waals surface area contributed by atoms with E-state index in [1.54, 1.807) is 41.5 Å². The van der Waals surface area contributed by atoms with Crippen LogP contribution in [-0.4, -0.2) is 47.6 Å². The average Bonchev–Trinajstić information content (AvgIpc) is 3.13. The zero-order valence-electron chi connectivity index (χ0n) is 13.9. The van der Waals surface area contributed by atoms with E-state index >= 15 is 0 Å². The monoisotopic (exact) mass is 312 g/mol. The van der Waals surface area contributed by atoms with Gasteiger partial charge in [-0.05, 0) is 41.5 Å². The summed E-state index contributed by atoms with van der Waals surface area (Å²) in [6, 6.07) is 0. The van der Waals surface area contributed by atoms with Crippen molar-refractivity contribution in [2.75, 3.05) is 0 Å². The summed E-state index contributed by atoms with van der Waals surface area (Å²) in [4.78, 5) is 25.1. The molecule has 0 radical (unpaired) electrons. The van der Waals surface area contributed by atoms with Crippen LogP contribution in [0.15, 0.2) is 0 Å². The topological polar surface area (TPSA) is 77.7 Å². The molecule has 6 atom stereocenters.